The Hall–Kier alpha value is 0.201. The van der Waals surface area contributed by atoms with Crippen molar-refractivity contribution < 1.29 is 18.1 Å². The van der Waals surface area contributed by atoms with Crippen molar-refractivity contribution in [3.05, 3.63) is 0 Å². The van der Waals surface area contributed by atoms with Gasteiger partial charge in [-0.15, -0.1) is 0 Å². The van der Waals surface area contributed by atoms with Crippen molar-refractivity contribution in [1.29, 1.82) is 0 Å². The van der Waals surface area contributed by atoms with E-state index in [-0.39, 0.29) is 33.2 Å². The molecular formula is C26H58O4Si3. The molecule has 0 unspecified atom stereocenters. The predicted octanol–water partition coefficient (Wildman–Crippen LogP) is 8.40. The quantitative estimate of drug-likeness (QED) is 0.203. The van der Waals surface area contributed by atoms with Crippen LogP contribution in [0, 0.1) is 5.92 Å². The third-order valence-electron chi connectivity index (χ3n) is 8.50. The van der Waals surface area contributed by atoms with Crippen LogP contribution in [0.1, 0.15) is 82.6 Å². The second-order valence-corrected chi connectivity index (χ2v) is 29.0. The van der Waals surface area contributed by atoms with E-state index in [2.05, 4.69) is 115 Å². The molecule has 0 saturated heterocycles. The van der Waals surface area contributed by atoms with Gasteiger partial charge in [0.1, 0.15) is 12.4 Å². The molecule has 0 aliphatic heterocycles. The van der Waals surface area contributed by atoms with Gasteiger partial charge in [0.25, 0.3) is 0 Å². The maximum Gasteiger partial charge on any atom is 0.193 e. The van der Waals surface area contributed by atoms with Gasteiger partial charge in [0.2, 0.25) is 0 Å². The number of hydrogen-bond acceptors (Lipinski definition) is 4. The lowest BCUT2D eigenvalue weighted by atomic mass is 9.95. The highest BCUT2D eigenvalue weighted by Gasteiger charge is 2.46. The molecule has 0 fully saturated rings. The van der Waals surface area contributed by atoms with Gasteiger partial charge >= 0.3 is 0 Å². The van der Waals surface area contributed by atoms with E-state index in [9.17, 15) is 4.79 Å². The van der Waals surface area contributed by atoms with Gasteiger partial charge < -0.3 is 18.1 Å². The van der Waals surface area contributed by atoms with E-state index < -0.39 is 31.1 Å². The zero-order valence-electron chi connectivity index (χ0n) is 25.2. The normalized spacial score (nSPS) is 18.6. The van der Waals surface area contributed by atoms with E-state index in [1.54, 1.807) is 0 Å². The number of carbonyl (C=O) groups excluding carboxylic acids is 1. The van der Waals surface area contributed by atoms with Crippen LogP contribution < -0.4 is 0 Å². The Bertz CT molecular complexity index is 625. The van der Waals surface area contributed by atoms with Gasteiger partial charge in [-0.25, -0.2) is 0 Å². The molecule has 0 aliphatic carbocycles. The second kappa shape index (κ2) is 11.1. The fourth-order valence-electron chi connectivity index (χ4n) is 3.10. The summed E-state index contributed by atoms with van der Waals surface area (Å²) in [6, 6.07) is 0. The number of hydrogen-bond donors (Lipinski definition) is 0. The molecule has 0 rings (SSSR count). The van der Waals surface area contributed by atoms with Crippen molar-refractivity contribution in [2.75, 3.05) is 0 Å². The molecule has 4 atom stereocenters. The minimum absolute atomic E-state index is 0.0256. The summed E-state index contributed by atoms with van der Waals surface area (Å²) in [5.41, 5.74) is 0. The van der Waals surface area contributed by atoms with Crippen LogP contribution in [0.5, 0.6) is 0 Å². The Morgan fingerprint density at radius 3 is 1.30 bits per heavy atom. The molecule has 0 amide bonds. The van der Waals surface area contributed by atoms with Crippen molar-refractivity contribution in [2.45, 2.75) is 155 Å². The smallest absolute Gasteiger partial charge is 0.193 e. The highest BCUT2D eigenvalue weighted by molar-refractivity contribution is 6.75. The van der Waals surface area contributed by atoms with Crippen molar-refractivity contribution in [3.63, 3.8) is 0 Å². The SMILES string of the molecule is C[C@H](C[C@@H](C)[C@H](O[Si](C)(C)C(C)(C)C)[C@H](C=O)O[Si](C)(C)C(C)(C)C)O[Si](C)(C)C(C)(C)C. The van der Waals surface area contributed by atoms with Crippen LogP contribution >= 0.6 is 0 Å². The molecule has 7 heteroatoms. The number of carbonyl (C=O) groups is 1. The molecule has 4 nitrogen and oxygen atoms in total. The van der Waals surface area contributed by atoms with Gasteiger partial charge in [0, 0.05) is 6.10 Å². The molecule has 0 spiro atoms. The first kappa shape index (κ1) is 33.2. The van der Waals surface area contributed by atoms with Crippen LogP contribution in [-0.2, 0) is 18.1 Å². The van der Waals surface area contributed by atoms with Crippen molar-refractivity contribution in [2.24, 2.45) is 5.92 Å². The van der Waals surface area contributed by atoms with Crippen LogP contribution in [-0.4, -0.2) is 49.6 Å². The van der Waals surface area contributed by atoms with Crippen LogP contribution in [0.2, 0.25) is 54.4 Å². The summed E-state index contributed by atoms with van der Waals surface area (Å²) in [5, 5.41) is 0.245. The molecule has 0 radical (unpaired) electrons. The second-order valence-electron chi connectivity index (χ2n) is 14.7. The Balaban J connectivity index is 5.99. The first-order chi connectivity index (χ1) is 14.3. The number of aldehydes is 1. The Kier molecular flexibility index (Phi) is 11.1. The van der Waals surface area contributed by atoms with Gasteiger partial charge in [0.15, 0.2) is 25.0 Å². The summed E-state index contributed by atoms with van der Waals surface area (Å²) >= 11 is 0. The topological polar surface area (TPSA) is 44.8 Å². The fraction of sp³-hybridized carbons (Fsp3) is 0.962. The lowest BCUT2D eigenvalue weighted by molar-refractivity contribution is -0.120. The summed E-state index contributed by atoms with van der Waals surface area (Å²) in [4.78, 5) is 12.4. The van der Waals surface area contributed by atoms with Gasteiger partial charge in [0.05, 0.1) is 6.10 Å². The Morgan fingerprint density at radius 1 is 0.636 bits per heavy atom. The van der Waals surface area contributed by atoms with Crippen LogP contribution in [0.3, 0.4) is 0 Å². The molecule has 0 heterocycles. The third kappa shape index (κ3) is 9.30. The van der Waals surface area contributed by atoms with E-state index in [1.807, 2.05) is 0 Å². The molecular weight excluding hydrogens is 461 g/mol. The molecule has 0 aromatic heterocycles. The lowest BCUT2D eigenvalue weighted by Crippen LogP contribution is -2.54. The average Bonchev–Trinajstić information content (AvgIpc) is 2.53. The molecule has 0 bridgehead atoms. The van der Waals surface area contributed by atoms with E-state index in [0.717, 1.165) is 12.7 Å². The van der Waals surface area contributed by atoms with E-state index >= 15 is 0 Å². The summed E-state index contributed by atoms with van der Waals surface area (Å²) in [6.45, 7) is 38.1. The zero-order chi connectivity index (χ0) is 26.8. The molecule has 0 saturated carbocycles. The van der Waals surface area contributed by atoms with E-state index in [0.29, 0.717) is 0 Å². The molecule has 33 heavy (non-hydrogen) atoms. The van der Waals surface area contributed by atoms with E-state index in [1.165, 1.54) is 0 Å². The summed E-state index contributed by atoms with van der Waals surface area (Å²) in [6.07, 6.45) is 1.11. The highest BCUT2D eigenvalue weighted by atomic mass is 28.4. The van der Waals surface area contributed by atoms with Crippen molar-refractivity contribution in [1.82, 2.24) is 0 Å². The van der Waals surface area contributed by atoms with Gasteiger partial charge in [-0.1, -0.05) is 69.2 Å². The molecule has 0 aromatic carbocycles. The maximum atomic E-state index is 12.4. The average molecular weight is 519 g/mol. The third-order valence-corrected chi connectivity index (χ3v) is 22.0. The first-order valence-electron chi connectivity index (χ1n) is 12.8. The van der Waals surface area contributed by atoms with Gasteiger partial charge in [-0.05, 0) is 73.7 Å². The summed E-state index contributed by atoms with van der Waals surface area (Å²) in [7, 11) is -6.13. The van der Waals surface area contributed by atoms with Crippen molar-refractivity contribution >= 4 is 31.2 Å². The summed E-state index contributed by atoms with van der Waals surface area (Å²) in [5.74, 6) is 0.138. The lowest BCUT2D eigenvalue weighted by Gasteiger charge is -2.46. The van der Waals surface area contributed by atoms with Crippen LogP contribution in [0.4, 0.5) is 0 Å². The van der Waals surface area contributed by atoms with Crippen LogP contribution in [0.15, 0.2) is 0 Å². The Morgan fingerprint density at radius 2 is 0.970 bits per heavy atom. The summed E-state index contributed by atoms with van der Waals surface area (Å²) < 4.78 is 20.3. The largest absolute Gasteiger partial charge is 0.414 e. The van der Waals surface area contributed by atoms with Gasteiger partial charge in [-0.2, -0.15) is 0 Å². The van der Waals surface area contributed by atoms with Gasteiger partial charge in [-0.3, -0.25) is 0 Å². The molecule has 0 aliphatic rings. The van der Waals surface area contributed by atoms with Crippen molar-refractivity contribution in [3.8, 4) is 0 Å². The zero-order valence-corrected chi connectivity index (χ0v) is 28.2. The maximum absolute atomic E-state index is 12.4. The first-order valence-corrected chi connectivity index (χ1v) is 21.5. The molecule has 0 aromatic rings. The standard InChI is InChI=1S/C26H58O4Si3/c1-20(18-21(2)28-31(12,13)24(3,4)5)23(30-33(16,17)26(9,10)11)22(19-27)29-32(14,15)25(6,7)8/h19-23H,18H2,1-17H3/t20-,21-,22+,23+/m1/s1. The number of rotatable bonds is 11. The minimum atomic E-state index is -2.14. The Labute approximate surface area is 210 Å². The van der Waals surface area contributed by atoms with E-state index in [4.69, 9.17) is 13.3 Å². The molecule has 198 valence electrons. The fourth-order valence-corrected chi connectivity index (χ4v) is 7.18. The monoisotopic (exact) mass is 518 g/mol. The predicted molar refractivity (Wildman–Crippen MR) is 152 cm³/mol. The molecule has 0 N–H and O–H groups in total. The highest BCUT2D eigenvalue weighted by Crippen LogP contribution is 2.42. The van der Waals surface area contributed by atoms with Crippen LogP contribution in [0.25, 0.3) is 0 Å². The minimum Gasteiger partial charge on any atom is -0.414 e.